The molecule has 2 aliphatic carbocycles. The second-order valence-corrected chi connectivity index (χ2v) is 7.31. The Balaban J connectivity index is 1.25. The van der Waals surface area contributed by atoms with Gasteiger partial charge in [-0.2, -0.15) is 0 Å². The molecule has 2 N–H and O–H groups in total. The summed E-state index contributed by atoms with van der Waals surface area (Å²) in [4.78, 5) is 26.2. The molecule has 24 heavy (non-hydrogen) atoms. The van der Waals surface area contributed by atoms with Gasteiger partial charge in [0.05, 0.1) is 0 Å². The zero-order chi connectivity index (χ0) is 16.5. The monoisotopic (exact) mass is 327 g/mol. The number of benzene rings is 1. The standard InChI is InChI=1S/C19H25N3O2/c23-18(14-4-5-14)22-10-8-16(9-11-22)20-19(24)21-17-7-6-13-2-1-3-15(13)12-17/h6-7,12,14,16H,1-5,8-11H2,(H2,20,21,24). The number of urea groups is 1. The molecule has 5 heteroatoms. The van der Waals surface area contributed by atoms with Gasteiger partial charge in [0.2, 0.25) is 5.91 Å². The number of anilines is 1. The average molecular weight is 327 g/mol. The fourth-order valence-electron chi connectivity index (χ4n) is 3.83. The topological polar surface area (TPSA) is 61.4 Å². The van der Waals surface area contributed by atoms with Gasteiger partial charge in [-0.3, -0.25) is 4.79 Å². The van der Waals surface area contributed by atoms with E-state index in [9.17, 15) is 9.59 Å². The Hall–Kier alpha value is -2.04. The third-order valence-corrected chi connectivity index (χ3v) is 5.42. The van der Waals surface area contributed by atoms with Crippen molar-refractivity contribution < 1.29 is 9.59 Å². The zero-order valence-corrected chi connectivity index (χ0v) is 14.0. The quantitative estimate of drug-likeness (QED) is 0.897. The van der Waals surface area contributed by atoms with E-state index in [1.807, 2.05) is 11.0 Å². The number of carbonyl (C=O) groups excluding carboxylic acids is 2. The van der Waals surface area contributed by atoms with E-state index in [0.29, 0.717) is 5.91 Å². The first-order valence-electron chi connectivity index (χ1n) is 9.17. The van der Waals surface area contributed by atoms with Crippen molar-refractivity contribution in [2.24, 2.45) is 5.92 Å². The van der Waals surface area contributed by atoms with Crippen LogP contribution in [0.5, 0.6) is 0 Å². The summed E-state index contributed by atoms with van der Waals surface area (Å²) in [5.41, 5.74) is 3.64. The van der Waals surface area contributed by atoms with Crippen molar-refractivity contribution in [2.75, 3.05) is 18.4 Å². The third kappa shape index (κ3) is 3.40. The number of piperidine rings is 1. The van der Waals surface area contributed by atoms with Gasteiger partial charge in [-0.1, -0.05) is 6.07 Å². The third-order valence-electron chi connectivity index (χ3n) is 5.42. The molecule has 0 unspecified atom stereocenters. The van der Waals surface area contributed by atoms with Crippen LogP contribution in [0, 0.1) is 5.92 Å². The van der Waals surface area contributed by atoms with E-state index in [1.165, 1.54) is 17.5 Å². The minimum Gasteiger partial charge on any atom is -0.342 e. The normalized spacial score (nSPS) is 20.6. The molecule has 1 saturated carbocycles. The van der Waals surface area contributed by atoms with Crippen LogP contribution in [0.4, 0.5) is 10.5 Å². The van der Waals surface area contributed by atoms with Crippen LogP contribution in [0.15, 0.2) is 18.2 Å². The highest BCUT2D eigenvalue weighted by Gasteiger charge is 2.35. The van der Waals surface area contributed by atoms with Gasteiger partial charge in [-0.05, 0) is 68.2 Å². The molecular weight excluding hydrogens is 302 g/mol. The van der Waals surface area contributed by atoms with Crippen molar-refractivity contribution in [1.82, 2.24) is 10.2 Å². The Morgan fingerprint density at radius 1 is 1.00 bits per heavy atom. The number of fused-ring (bicyclic) bond motifs is 1. The molecule has 1 aromatic carbocycles. The van der Waals surface area contributed by atoms with Crippen LogP contribution in [0.3, 0.4) is 0 Å². The average Bonchev–Trinajstić information content (AvgIpc) is 3.33. The fraction of sp³-hybridized carbons (Fsp3) is 0.579. The smallest absolute Gasteiger partial charge is 0.319 e. The summed E-state index contributed by atoms with van der Waals surface area (Å²) in [6.45, 7) is 1.53. The van der Waals surface area contributed by atoms with Crippen molar-refractivity contribution >= 4 is 17.6 Å². The number of carbonyl (C=O) groups is 2. The predicted octanol–water partition coefficient (Wildman–Crippen LogP) is 2.70. The highest BCUT2D eigenvalue weighted by molar-refractivity contribution is 5.89. The highest BCUT2D eigenvalue weighted by Crippen LogP contribution is 2.32. The van der Waals surface area contributed by atoms with Crippen LogP contribution in [-0.2, 0) is 17.6 Å². The number of aryl methyl sites for hydroxylation is 2. The Bertz CT molecular complexity index is 646. The van der Waals surface area contributed by atoms with Crippen molar-refractivity contribution in [3.63, 3.8) is 0 Å². The van der Waals surface area contributed by atoms with Gasteiger partial charge in [0.25, 0.3) is 0 Å². The Kier molecular flexibility index (Phi) is 4.17. The lowest BCUT2D eigenvalue weighted by molar-refractivity contribution is -0.133. The van der Waals surface area contributed by atoms with Gasteiger partial charge >= 0.3 is 6.03 Å². The van der Waals surface area contributed by atoms with Crippen LogP contribution in [0.2, 0.25) is 0 Å². The van der Waals surface area contributed by atoms with E-state index in [4.69, 9.17) is 0 Å². The molecule has 1 saturated heterocycles. The number of amides is 3. The van der Waals surface area contributed by atoms with Gasteiger partial charge in [-0.25, -0.2) is 4.79 Å². The summed E-state index contributed by atoms with van der Waals surface area (Å²) >= 11 is 0. The van der Waals surface area contributed by atoms with Crippen molar-refractivity contribution in [2.45, 2.75) is 51.0 Å². The summed E-state index contributed by atoms with van der Waals surface area (Å²) in [6, 6.07) is 6.22. The summed E-state index contributed by atoms with van der Waals surface area (Å²) in [6.07, 6.45) is 7.27. The number of hydrogen-bond donors (Lipinski definition) is 2. The molecule has 0 radical (unpaired) electrons. The first kappa shape index (κ1) is 15.5. The van der Waals surface area contributed by atoms with Gasteiger partial charge in [0.1, 0.15) is 0 Å². The summed E-state index contributed by atoms with van der Waals surface area (Å²) < 4.78 is 0. The van der Waals surface area contributed by atoms with Crippen LogP contribution in [0.25, 0.3) is 0 Å². The number of rotatable bonds is 3. The summed E-state index contributed by atoms with van der Waals surface area (Å²) in [5, 5.41) is 6.00. The Morgan fingerprint density at radius 2 is 1.75 bits per heavy atom. The predicted molar refractivity (Wildman–Crippen MR) is 92.9 cm³/mol. The van der Waals surface area contributed by atoms with E-state index in [0.717, 1.165) is 57.3 Å². The maximum Gasteiger partial charge on any atom is 0.319 e. The van der Waals surface area contributed by atoms with E-state index in [-0.39, 0.29) is 18.0 Å². The highest BCUT2D eigenvalue weighted by atomic mass is 16.2. The van der Waals surface area contributed by atoms with Gasteiger partial charge in [0.15, 0.2) is 0 Å². The maximum atomic E-state index is 12.2. The van der Waals surface area contributed by atoms with Crippen LogP contribution in [0.1, 0.15) is 43.2 Å². The minimum absolute atomic E-state index is 0.139. The fourth-order valence-corrected chi connectivity index (χ4v) is 3.83. The molecule has 2 fully saturated rings. The first-order valence-corrected chi connectivity index (χ1v) is 9.17. The minimum atomic E-state index is -0.139. The molecule has 128 valence electrons. The molecular formula is C19H25N3O2. The zero-order valence-electron chi connectivity index (χ0n) is 14.0. The van der Waals surface area contributed by atoms with Gasteiger partial charge in [-0.15, -0.1) is 0 Å². The number of nitrogens with zero attached hydrogens (tertiary/aromatic N) is 1. The molecule has 4 rings (SSSR count). The first-order chi connectivity index (χ1) is 11.7. The number of likely N-dealkylation sites (tertiary alicyclic amines) is 1. The van der Waals surface area contributed by atoms with Crippen molar-refractivity contribution in [1.29, 1.82) is 0 Å². The molecule has 0 atom stereocenters. The molecule has 0 bridgehead atoms. The molecule has 3 aliphatic rings. The van der Waals surface area contributed by atoms with Crippen molar-refractivity contribution in [3.8, 4) is 0 Å². The summed E-state index contributed by atoms with van der Waals surface area (Å²) in [5.74, 6) is 0.605. The molecule has 1 heterocycles. The summed E-state index contributed by atoms with van der Waals surface area (Å²) in [7, 11) is 0. The lowest BCUT2D eigenvalue weighted by Crippen LogP contribution is -2.47. The Morgan fingerprint density at radius 3 is 2.50 bits per heavy atom. The lowest BCUT2D eigenvalue weighted by atomic mass is 10.0. The van der Waals surface area contributed by atoms with Crippen LogP contribution < -0.4 is 10.6 Å². The molecule has 5 nitrogen and oxygen atoms in total. The number of hydrogen-bond acceptors (Lipinski definition) is 2. The van der Waals surface area contributed by atoms with E-state index >= 15 is 0 Å². The molecule has 0 spiro atoms. The van der Waals surface area contributed by atoms with E-state index < -0.39 is 0 Å². The largest absolute Gasteiger partial charge is 0.342 e. The molecule has 1 aromatic rings. The van der Waals surface area contributed by atoms with Crippen LogP contribution >= 0.6 is 0 Å². The lowest BCUT2D eigenvalue weighted by Gasteiger charge is -2.32. The van der Waals surface area contributed by atoms with Gasteiger partial charge < -0.3 is 15.5 Å². The molecule has 3 amide bonds. The Labute approximate surface area is 142 Å². The van der Waals surface area contributed by atoms with Crippen molar-refractivity contribution in [3.05, 3.63) is 29.3 Å². The second kappa shape index (κ2) is 6.46. The van der Waals surface area contributed by atoms with Crippen LogP contribution in [-0.4, -0.2) is 36.0 Å². The maximum absolute atomic E-state index is 12.2. The molecule has 0 aromatic heterocycles. The second-order valence-electron chi connectivity index (χ2n) is 7.31. The SMILES string of the molecule is O=C(Nc1ccc2c(c1)CCC2)NC1CCN(C(=O)C2CC2)CC1. The van der Waals surface area contributed by atoms with E-state index in [1.54, 1.807) is 0 Å². The molecule has 1 aliphatic heterocycles. The van der Waals surface area contributed by atoms with E-state index in [2.05, 4.69) is 22.8 Å². The number of nitrogens with one attached hydrogen (secondary N) is 2. The van der Waals surface area contributed by atoms with Gasteiger partial charge in [0, 0.05) is 30.7 Å².